The molecule has 0 bridgehead atoms. The third kappa shape index (κ3) is 5.98. The molecule has 0 aliphatic rings. The second kappa shape index (κ2) is 7.13. The number of benzene rings is 1. The van der Waals surface area contributed by atoms with Crippen molar-refractivity contribution in [2.24, 2.45) is 0 Å². The molecular formula is C16H21NO6. The van der Waals surface area contributed by atoms with Crippen LogP contribution in [0.4, 0.5) is 4.79 Å². The largest absolute Gasteiger partial charge is 0.481 e. The topological polar surface area (TPSA) is 113 Å². The van der Waals surface area contributed by atoms with Crippen molar-refractivity contribution in [3.63, 3.8) is 0 Å². The minimum Gasteiger partial charge on any atom is -0.481 e. The van der Waals surface area contributed by atoms with E-state index in [9.17, 15) is 19.5 Å². The summed E-state index contributed by atoms with van der Waals surface area (Å²) in [6, 6.07) is 8.49. The molecule has 23 heavy (non-hydrogen) atoms. The van der Waals surface area contributed by atoms with Gasteiger partial charge in [-0.3, -0.25) is 4.79 Å². The van der Waals surface area contributed by atoms with Crippen LogP contribution >= 0.6 is 0 Å². The molecule has 1 aromatic carbocycles. The number of hydrogen-bond donors (Lipinski definition) is 3. The Balaban J connectivity index is 3.10. The van der Waals surface area contributed by atoms with E-state index in [4.69, 9.17) is 9.84 Å². The van der Waals surface area contributed by atoms with Gasteiger partial charge in [0.15, 0.2) is 5.54 Å². The van der Waals surface area contributed by atoms with E-state index in [0.717, 1.165) is 0 Å². The van der Waals surface area contributed by atoms with E-state index >= 15 is 0 Å². The molecule has 1 unspecified atom stereocenters. The molecular weight excluding hydrogens is 302 g/mol. The summed E-state index contributed by atoms with van der Waals surface area (Å²) in [5, 5.41) is 20.8. The van der Waals surface area contributed by atoms with Crippen LogP contribution in [0.25, 0.3) is 0 Å². The summed E-state index contributed by atoms with van der Waals surface area (Å²) in [7, 11) is 0. The standard InChI is InChI=1S/C16H21NO6/c1-15(2,3)23-14(22)17-16(13(20)21,10-12(18)19)9-11-7-5-4-6-8-11/h4-8H,9-10H2,1-3H3,(H,17,22)(H,18,19)(H,20,21). The van der Waals surface area contributed by atoms with Gasteiger partial charge in [-0.15, -0.1) is 0 Å². The molecule has 7 heteroatoms. The van der Waals surface area contributed by atoms with Crippen LogP contribution in [0.15, 0.2) is 30.3 Å². The van der Waals surface area contributed by atoms with Crippen LogP contribution in [0.1, 0.15) is 32.8 Å². The van der Waals surface area contributed by atoms with E-state index in [2.05, 4.69) is 5.32 Å². The van der Waals surface area contributed by atoms with Crippen LogP contribution in [0.5, 0.6) is 0 Å². The molecule has 0 aliphatic carbocycles. The van der Waals surface area contributed by atoms with E-state index in [-0.39, 0.29) is 6.42 Å². The molecule has 0 aliphatic heterocycles. The van der Waals surface area contributed by atoms with Crippen molar-refractivity contribution >= 4 is 18.0 Å². The van der Waals surface area contributed by atoms with Gasteiger partial charge in [0.1, 0.15) is 5.60 Å². The number of alkyl carbamates (subject to hydrolysis) is 1. The Kier molecular flexibility index (Phi) is 5.73. The molecule has 1 atom stereocenters. The van der Waals surface area contributed by atoms with Crippen LogP contribution in [0.2, 0.25) is 0 Å². The molecule has 0 aromatic heterocycles. The summed E-state index contributed by atoms with van der Waals surface area (Å²) in [5.74, 6) is -2.77. The SMILES string of the molecule is CC(C)(C)OC(=O)NC(CC(=O)O)(Cc1ccccc1)C(=O)O. The van der Waals surface area contributed by atoms with Crippen molar-refractivity contribution in [3.8, 4) is 0 Å². The Morgan fingerprint density at radius 2 is 1.65 bits per heavy atom. The predicted octanol–water partition coefficient (Wildman–Crippen LogP) is 2.05. The zero-order chi connectivity index (χ0) is 17.7. The summed E-state index contributed by atoms with van der Waals surface area (Å²) in [5.41, 5.74) is -2.23. The molecule has 0 spiro atoms. The van der Waals surface area contributed by atoms with Crippen LogP contribution in [0, 0.1) is 0 Å². The third-order valence-electron chi connectivity index (χ3n) is 2.95. The monoisotopic (exact) mass is 323 g/mol. The van der Waals surface area contributed by atoms with Crippen molar-refractivity contribution in [2.45, 2.75) is 44.8 Å². The summed E-state index contributed by atoms with van der Waals surface area (Å²) < 4.78 is 5.06. The number of ether oxygens (including phenoxy) is 1. The molecule has 1 rings (SSSR count). The first-order valence-electron chi connectivity index (χ1n) is 7.04. The molecule has 1 aromatic rings. The molecule has 0 saturated carbocycles. The van der Waals surface area contributed by atoms with Gasteiger partial charge in [0.2, 0.25) is 0 Å². The van der Waals surface area contributed by atoms with E-state index in [1.165, 1.54) is 0 Å². The van der Waals surface area contributed by atoms with Gasteiger partial charge in [-0.25, -0.2) is 9.59 Å². The number of aliphatic carboxylic acids is 2. The fourth-order valence-corrected chi connectivity index (χ4v) is 2.06. The van der Waals surface area contributed by atoms with Crippen molar-refractivity contribution < 1.29 is 29.3 Å². The van der Waals surface area contributed by atoms with E-state index in [1.54, 1.807) is 51.1 Å². The number of carbonyl (C=O) groups excluding carboxylic acids is 1. The zero-order valence-corrected chi connectivity index (χ0v) is 13.3. The van der Waals surface area contributed by atoms with Crippen molar-refractivity contribution in [2.75, 3.05) is 0 Å². The average Bonchev–Trinajstić information content (AvgIpc) is 2.36. The Hall–Kier alpha value is -2.57. The fraction of sp³-hybridized carbons (Fsp3) is 0.438. The van der Waals surface area contributed by atoms with E-state index in [0.29, 0.717) is 5.56 Å². The highest BCUT2D eigenvalue weighted by Crippen LogP contribution is 2.20. The van der Waals surface area contributed by atoms with Crippen molar-refractivity contribution in [1.82, 2.24) is 5.32 Å². The normalized spacial score (nSPS) is 13.7. The molecule has 0 heterocycles. The lowest BCUT2D eigenvalue weighted by molar-refractivity contribution is -0.151. The quantitative estimate of drug-likeness (QED) is 0.738. The van der Waals surface area contributed by atoms with Crippen LogP contribution in [-0.4, -0.2) is 39.4 Å². The Labute approximate surface area is 134 Å². The molecule has 1 amide bonds. The summed E-state index contributed by atoms with van der Waals surface area (Å²) >= 11 is 0. The lowest BCUT2D eigenvalue weighted by Crippen LogP contribution is -2.58. The second-order valence-electron chi connectivity index (χ2n) is 6.25. The number of amides is 1. The van der Waals surface area contributed by atoms with Crippen molar-refractivity contribution in [1.29, 1.82) is 0 Å². The molecule has 126 valence electrons. The highest BCUT2D eigenvalue weighted by molar-refractivity contribution is 5.89. The molecule has 0 radical (unpaired) electrons. The Bertz CT molecular complexity index is 578. The van der Waals surface area contributed by atoms with Gasteiger partial charge >= 0.3 is 18.0 Å². The minimum atomic E-state index is -1.99. The Morgan fingerprint density at radius 1 is 1.09 bits per heavy atom. The van der Waals surface area contributed by atoms with Gasteiger partial charge in [0.25, 0.3) is 0 Å². The van der Waals surface area contributed by atoms with Gasteiger partial charge < -0.3 is 20.3 Å². The number of rotatable bonds is 6. The molecule has 0 saturated heterocycles. The maximum absolute atomic E-state index is 12.0. The Morgan fingerprint density at radius 3 is 2.09 bits per heavy atom. The smallest absolute Gasteiger partial charge is 0.408 e. The van der Waals surface area contributed by atoms with Gasteiger partial charge in [-0.2, -0.15) is 0 Å². The fourth-order valence-electron chi connectivity index (χ4n) is 2.06. The van der Waals surface area contributed by atoms with Crippen LogP contribution in [0.3, 0.4) is 0 Å². The molecule has 0 fully saturated rings. The number of carbonyl (C=O) groups is 3. The number of hydrogen-bond acceptors (Lipinski definition) is 4. The van der Waals surface area contributed by atoms with Crippen LogP contribution in [-0.2, 0) is 20.7 Å². The first-order valence-corrected chi connectivity index (χ1v) is 7.04. The van der Waals surface area contributed by atoms with Gasteiger partial charge in [-0.1, -0.05) is 30.3 Å². The summed E-state index contributed by atoms with van der Waals surface area (Å²) in [4.78, 5) is 34.8. The number of carboxylic acid groups (broad SMARTS) is 2. The third-order valence-corrected chi connectivity index (χ3v) is 2.95. The number of nitrogens with one attached hydrogen (secondary N) is 1. The lowest BCUT2D eigenvalue weighted by atomic mass is 9.87. The predicted molar refractivity (Wildman–Crippen MR) is 82.1 cm³/mol. The lowest BCUT2D eigenvalue weighted by Gasteiger charge is -2.30. The minimum absolute atomic E-state index is 0.172. The van der Waals surface area contributed by atoms with Gasteiger partial charge in [0, 0.05) is 6.42 Å². The maximum Gasteiger partial charge on any atom is 0.408 e. The number of carboxylic acids is 2. The van der Waals surface area contributed by atoms with Gasteiger partial charge in [0.05, 0.1) is 6.42 Å². The maximum atomic E-state index is 12.0. The summed E-state index contributed by atoms with van der Waals surface area (Å²) in [6.07, 6.45) is -1.91. The summed E-state index contributed by atoms with van der Waals surface area (Å²) in [6.45, 7) is 4.89. The first kappa shape index (κ1) is 18.5. The average molecular weight is 323 g/mol. The highest BCUT2D eigenvalue weighted by atomic mass is 16.6. The second-order valence-corrected chi connectivity index (χ2v) is 6.25. The van der Waals surface area contributed by atoms with Crippen LogP contribution < -0.4 is 5.32 Å². The first-order chi connectivity index (χ1) is 10.5. The highest BCUT2D eigenvalue weighted by Gasteiger charge is 2.43. The van der Waals surface area contributed by atoms with Crippen molar-refractivity contribution in [3.05, 3.63) is 35.9 Å². The van der Waals surface area contributed by atoms with Gasteiger partial charge in [-0.05, 0) is 26.3 Å². The van der Waals surface area contributed by atoms with E-state index < -0.39 is 35.6 Å². The van der Waals surface area contributed by atoms with E-state index in [1.807, 2.05) is 0 Å². The molecule has 3 N–H and O–H groups in total. The molecule has 7 nitrogen and oxygen atoms in total. The zero-order valence-electron chi connectivity index (χ0n) is 13.3.